The lowest BCUT2D eigenvalue weighted by Crippen LogP contribution is -2.31. The van der Waals surface area contributed by atoms with E-state index >= 15 is 0 Å². The first kappa shape index (κ1) is 19.0. The van der Waals surface area contributed by atoms with Gasteiger partial charge in [-0.3, -0.25) is 9.59 Å². The summed E-state index contributed by atoms with van der Waals surface area (Å²) in [5, 5.41) is 3.03. The zero-order valence-corrected chi connectivity index (χ0v) is 16.5. The van der Waals surface area contributed by atoms with E-state index in [0.29, 0.717) is 0 Å². The van der Waals surface area contributed by atoms with Crippen LogP contribution >= 0.6 is 11.3 Å². The second-order valence-corrected chi connectivity index (χ2v) is 8.02. The number of carbonyl (C=O) groups is 2. The maximum atomic E-state index is 12.6. The molecule has 0 radical (unpaired) electrons. The molecule has 1 unspecified atom stereocenters. The van der Waals surface area contributed by atoms with Gasteiger partial charge in [-0.05, 0) is 25.5 Å². The third kappa shape index (κ3) is 4.52. The number of amides is 1. The second-order valence-electron chi connectivity index (χ2n) is 6.56. The average molecular weight is 382 g/mol. The Labute approximate surface area is 163 Å². The molecule has 3 aromatic rings. The number of hydrogen-bond donors (Lipinski definition) is 1. The standard InChI is InChI=1S/C21H23N3O2S/c1-14-13-17(15(2)27-14)18(25)9-10-19(26)23-20(16-7-5-4-6-8-16)21-22-11-12-24(21)3/h4-8,11-13,20H,9-10H2,1-3H3,(H,23,26). The number of thiophene rings is 1. The normalized spacial score (nSPS) is 12.0. The van der Waals surface area contributed by atoms with Crippen molar-refractivity contribution in [2.75, 3.05) is 0 Å². The summed E-state index contributed by atoms with van der Waals surface area (Å²) in [7, 11) is 1.90. The summed E-state index contributed by atoms with van der Waals surface area (Å²) in [4.78, 5) is 31.5. The summed E-state index contributed by atoms with van der Waals surface area (Å²) in [6, 6.07) is 11.3. The van der Waals surface area contributed by atoms with Crippen molar-refractivity contribution >= 4 is 23.0 Å². The third-order valence-electron chi connectivity index (χ3n) is 4.48. The van der Waals surface area contributed by atoms with Gasteiger partial charge in [-0.25, -0.2) is 4.98 Å². The minimum atomic E-state index is -0.348. The van der Waals surface area contributed by atoms with Crippen molar-refractivity contribution in [2.45, 2.75) is 32.7 Å². The number of aromatic nitrogens is 2. The average Bonchev–Trinajstić information content (AvgIpc) is 3.23. The zero-order valence-electron chi connectivity index (χ0n) is 15.7. The number of hydrogen-bond acceptors (Lipinski definition) is 4. The Balaban J connectivity index is 1.69. The van der Waals surface area contributed by atoms with Gasteiger partial charge in [-0.1, -0.05) is 30.3 Å². The molecule has 1 aromatic carbocycles. The summed E-state index contributed by atoms with van der Waals surface area (Å²) in [6.45, 7) is 3.93. The molecule has 5 nitrogen and oxygen atoms in total. The van der Waals surface area contributed by atoms with E-state index in [1.165, 1.54) is 0 Å². The summed E-state index contributed by atoms with van der Waals surface area (Å²) >= 11 is 1.61. The first-order chi connectivity index (χ1) is 13.0. The van der Waals surface area contributed by atoms with Crippen molar-refractivity contribution in [1.29, 1.82) is 0 Å². The van der Waals surface area contributed by atoms with Gasteiger partial charge in [0.25, 0.3) is 0 Å². The fourth-order valence-electron chi connectivity index (χ4n) is 3.10. The van der Waals surface area contributed by atoms with Gasteiger partial charge in [0.2, 0.25) is 5.91 Å². The number of aryl methyl sites for hydroxylation is 3. The molecule has 27 heavy (non-hydrogen) atoms. The molecule has 0 aliphatic rings. The predicted molar refractivity (Wildman–Crippen MR) is 107 cm³/mol. The molecule has 0 saturated carbocycles. The second kappa shape index (κ2) is 8.31. The highest BCUT2D eigenvalue weighted by Crippen LogP contribution is 2.23. The van der Waals surface area contributed by atoms with Crippen LogP contribution in [0.4, 0.5) is 0 Å². The third-order valence-corrected chi connectivity index (χ3v) is 5.44. The quantitative estimate of drug-likeness (QED) is 0.630. The lowest BCUT2D eigenvalue weighted by molar-refractivity contribution is -0.121. The molecule has 2 heterocycles. The minimum Gasteiger partial charge on any atom is -0.342 e. The summed E-state index contributed by atoms with van der Waals surface area (Å²) in [5.41, 5.74) is 1.68. The van der Waals surface area contributed by atoms with Gasteiger partial charge in [-0.2, -0.15) is 0 Å². The van der Waals surface area contributed by atoms with Crippen LogP contribution in [0.3, 0.4) is 0 Å². The van der Waals surface area contributed by atoms with Gasteiger partial charge in [-0.15, -0.1) is 11.3 Å². The van der Waals surface area contributed by atoms with Crippen molar-refractivity contribution in [3.63, 3.8) is 0 Å². The molecule has 6 heteroatoms. The van der Waals surface area contributed by atoms with Gasteiger partial charge in [0.15, 0.2) is 5.78 Å². The largest absolute Gasteiger partial charge is 0.342 e. The van der Waals surface area contributed by atoms with E-state index in [-0.39, 0.29) is 30.6 Å². The number of carbonyl (C=O) groups excluding carboxylic acids is 2. The summed E-state index contributed by atoms with van der Waals surface area (Å²) < 4.78 is 1.89. The van der Waals surface area contributed by atoms with Crippen LogP contribution in [-0.4, -0.2) is 21.2 Å². The van der Waals surface area contributed by atoms with Gasteiger partial charge in [0.1, 0.15) is 11.9 Å². The fourth-order valence-corrected chi connectivity index (χ4v) is 4.04. The zero-order chi connectivity index (χ0) is 19.4. The molecule has 140 valence electrons. The highest BCUT2D eigenvalue weighted by molar-refractivity contribution is 7.12. The smallest absolute Gasteiger partial charge is 0.221 e. The first-order valence-electron chi connectivity index (χ1n) is 8.87. The molecule has 0 bridgehead atoms. The van der Waals surface area contributed by atoms with Crippen LogP contribution < -0.4 is 5.32 Å². The van der Waals surface area contributed by atoms with E-state index in [4.69, 9.17) is 0 Å². The van der Waals surface area contributed by atoms with Gasteiger partial charge >= 0.3 is 0 Å². The Morgan fingerprint density at radius 3 is 2.52 bits per heavy atom. The van der Waals surface area contributed by atoms with E-state index < -0.39 is 0 Å². The molecule has 0 saturated heterocycles. The number of benzene rings is 1. The highest BCUT2D eigenvalue weighted by Gasteiger charge is 2.21. The van der Waals surface area contributed by atoms with Crippen LogP contribution in [0.15, 0.2) is 48.8 Å². The van der Waals surface area contributed by atoms with E-state index in [0.717, 1.165) is 26.7 Å². The number of nitrogens with zero attached hydrogens (tertiary/aromatic N) is 2. The molecule has 1 N–H and O–H groups in total. The van der Waals surface area contributed by atoms with Crippen LogP contribution in [-0.2, 0) is 11.8 Å². The molecule has 3 rings (SSSR count). The topological polar surface area (TPSA) is 64.0 Å². The minimum absolute atomic E-state index is 0.0141. The SMILES string of the molecule is Cc1cc(C(=O)CCC(=O)NC(c2ccccc2)c2nccn2C)c(C)s1. The highest BCUT2D eigenvalue weighted by atomic mass is 32.1. The van der Waals surface area contributed by atoms with Crippen LogP contribution in [0.25, 0.3) is 0 Å². The van der Waals surface area contributed by atoms with E-state index in [1.54, 1.807) is 17.5 Å². The molecular weight excluding hydrogens is 358 g/mol. The number of Topliss-reactive ketones (excluding diaryl/α,β-unsaturated/α-hetero) is 1. The molecular formula is C21H23N3O2S. The first-order valence-corrected chi connectivity index (χ1v) is 9.69. The predicted octanol–water partition coefficient (Wildman–Crippen LogP) is 3.97. The van der Waals surface area contributed by atoms with Gasteiger partial charge in [0, 0.05) is 47.6 Å². The molecule has 0 aliphatic carbocycles. The number of ketones is 1. The van der Waals surface area contributed by atoms with E-state index in [2.05, 4.69) is 10.3 Å². The number of imidazole rings is 1. The Bertz CT molecular complexity index is 944. The number of rotatable bonds is 7. The molecule has 1 atom stereocenters. The van der Waals surface area contributed by atoms with Gasteiger partial charge in [0.05, 0.1) is 0 Å². The van der Waals surface area contributed by atoms with Crippen molar-refractivity contribution in [1.82, 2.24) is 14.9 Å². The summed E-state index contributed by atoms with van der Waals surface area (Å²) in [5.74, 6) is 0.607. The molecule has 1 amide bonds. The Kier molecular flexibility index (Phi) is 5.86. The Morgan fingerprint density at radius 2 is 1.93 bits per heavy atom. The lowest BCUT2D eigenvalue weighted by atomic mass is 10.0. The van der Waals surface area contributed by atoms with Crippen molar-refractivity contribution in [3.05, 3.63) is 75.5 Å². The maximum Gasteiger partial charge on any atom is 0.221 e. The maximum absolute atomic E-state index is 12.6. The van der Waals surface area contributed by atoms with Crippen molar-refractivity contribution in [3.8, 4) is 0 Å². The number of nitrogens with one attached hydrogen (secondary N) is 1. The van der Waals surface area contributed by atoms with Crippen molar-refractivity contribution in [2.24, 2.45) is 7.05 Å². The molecule has 2 aromatic heterocycles. The molecule has 0 aliphatic heterocycles. The van der Waals surface area contributed by atoms with E-state index in [1.807, 2.05) is 68.1 Å². The van der Waals surface area contributed by atoms with Gasteiger partial charge < -0.3 is 9.88 Å². The monoisotopic (exact) mass is 381 g/mol. The lowest BCUT2D eigenvalue weighted by Gasteiger charge is -2.19. The Morgan fingerprint density at radius 1 is 1.19 bits per heavy atom. The van der Waals surface area contributed by atoms with E-state index in [9.17, 15) is 9.59 Å². The fraction of sp³-hybridized carbons (Fsp3) is 0.286. The van der Waals surface area contributed by atoms with Crippen LogP contribution in [0.1, 0.15) is 50.4 Å². The van der Waals surface area contributed by atoms with Crippen molar-refractivity contribution < 1.29 is 9.59 Å². The summed E-state index contributed by atoms with van der Waals surface area (Å²) in [6.07, 6.45) is 3.91. The van der Waals surface area contributed by atoms with Crippen LogP contribution in [0.2, 0.25) is 0 Å². The van der Waals surface area contributed by atoms with Crippen LogP contribution in [0.5, 0.6) is 0 Å². The van der Waals surface area contributed by atoms with Crippen LogP contribution in [0, 0.1) is 13.8 Å². The molecule has 0 fully saturated rings. The molecule has 0 spiro atoms. The Hall–Kier alpha value is -2.73.